The molecule has 0 spiro atoms. The highest BCUT2D eigenvalue weighted by Gasteiger charge is 2.40. The minimum Gasteiger partial charge on any atom is -0.385 e. The Morgan fingerprint density at radius 2 is 1.02 bits per heavy atom. The van der Waals surface area contributed by atoms with Gasteiger partial charge in [0.2, 0.25) is 0 Å². The van der Waals surface area contributed by atoms with Crippen LogP contribution in [0.1, 0.15) is 174 Å². The second-order valence-electron chi connectivity index (χ2n) is 20.5. The van der Waals surface area contributed by atoms with Gasteiger partial charge < -0.3 is 40.3 Å². The fourth-order valence-electron chi connectivity index (χ4n) is 9.94. The number of aliphatic hydroxyl groups is 2. The van der Waals surface area contributed by atoms with Crippen LogP contribution in [0.3, 0.4) is 0 Å². The van der Waals surface area contributed by atoms with Gasteiger partial charge >= 0.3 is 0 Å². The van der Waals surface area contributed by atoms with Crippen molar-refractivity contribution in [3.63, 3.8) is 0 Å². The van der Waals surface area contributed by atoms with Crippen molar-refractivity contribution in [2.45, 2.75) is 155 Å². The molecule has 2 fully saturated rings. The first-order chi connectivity index (χ1) is 31.2. The molecular weight excluding hydrogens is 833 g/mol. The molecule has 8 rings (SSSR count). The van der Waals surface area contributed by atoms with Gasteiger partial charge in [0.05, 0.1) is 48.0 Å². The van der Waals surface area contributed by atoms with E-state index < -0.39 is 23.0 Å². The lowest BCUT2D eigenvalue weighted by Crippen LogP contribution is -2.41. The maximum absolute atomic E-state index is 12.8. The molecule has 0 bridgehead atoms. The maximum atomic E-state index is 12.8. The molecule has 6 N–H and O–H groups in total. The number of amides is 2. The monoisotopic (exact) mass is 896 g/mol. The minimum absolute atomic E-state index is 0.0374. The van der Waals surface area contributed by atoms with E-state index in [1.165, 1.54) is 23.5 Å². The molecule has 14 heteroatoms. The van der Waals surface area contributed by atoms with Crippen molar-refractivity contribution in [2.24, 2.45) is 10.8 Å². The molecule has 2 amide bonds. The zero-order valence-corrected chi connectivity index (χ0v) is 39.5. The average Bonchev–Trinajstić information content (AvgIpc) is 3.95. The van der Waals surface area contributed by atoms with Crippen molar-refractivity contribution >= 4 is 34.3 Å². The topological polar surface area (TPSA) is 222 Å². The van der Waals surface area contributed by atoms with Gasteiger partial charge in [-0.3, -0.25) is 9.59 Å². The van der Waals surface area contributed by atoms with E-state index in [9.17, 15) is 19.8 Å². The highest BCUT2D eigenvalue weighted by Crippen LogP contribution is 2.45. The van der Waals surface area contributed by atoms with Crippen molar-refractivity contribution in [3.05, 3.63) is 106 Å². The summed E-state index contributed by atoms with van der Waals surface area (Å²) in [4.78, 5) is 39.1. The number of aromatic amines is 2. The van der Waals surface area contributed by atoms with Crippen molar-refractivity contribution < 1.29 is 29.3 Å². The maximum Gasteiger partial charge on any atom is 0.291 e. The predicted octanol–water partition coefficient (Wildman–Crippen LogP) is 9.80. The Bertz CT molecular complexity index is 2410. The Morgan fingerprint density at radius 1 is 0.652 bits per heavy atom. The highest BCUT2D eigenvalue weighted by molar-refractivity contribution is 6.04. The van der Waals surface area contributed by atoms with E-state index in [1.54, 1.807) is 0 Å². The van der Waals surface area contributed by atoms with Gasteiger partial charge in [0.25, 0.3) is 11.8 Å². The third-order valence-electron chi connectivity index (χ3n) is 13.5. The van der Waals surface area contributed by atoms with Crippen molar-refractivity contribution in [1.29, 1.82) is 10.5 Å². The van der Waals surface area contributed by atoms with Crippen molar-refractivity contribution in [3.8, 4) is 12.1 Å². The number of nitrogens with zero attached hydrogens (tertiary/aromatic N) is 4. The lowest BCUT2D eigenvalue weighted by atomic mass is 9.75. The highest BCUT2D eigenvalue weighted by atomic mass is 16.5. The van der Waals surface area contributed by atoms with Gasteiger partial charge in [0.15, 0.2) is 11.6 Å². The quantitative estimate of drug-likeness (QED) is 0.0982. The van der Waals surface area contributed by atoms with Crippen LogP contribution < -0.4 is 10.6 Å². The van der Waals surface area contributed by atoms with Crippen LogP contribution in [-0.2, 0) is 20.7 Å². The van der Waals surface area contributed by atoms with Gasteiger partial charge in [0.1, 0.15) is 23.5 Å². The molecule has 4 aromatic rings. The Balaban J connectivity index is 0.000000196. The van der Waals surface area contributed by atoms with Gasteiger partial charge in [-0.25, -0.2) is 9.97 Å². The normalized spacial score (nSPS) is 26.8. The first-order valence-electron chi connectivity index (χ1n) is 23.1. The number of ether oxygens (including phenoxy) is 2. The smallest absolute Gasteiger partial charge is 0.291 e. The molecule has 2 saturated heterocycles. The number of anilines is 2. The summed E-state index contributed by atoms with van der Waals surface area (Å²) in [6.45, 7) is 17.0. The molecule has 0 saturated carbocycles. The van der Waals surface area contributed by atoms with Gasteiger partial charge in [-0.15, -0.1) is 0 Å². The van der Waals surface area contributed by atoms with Crippen LogP contribution in [-0.4, -0.2) is 66.4 Å². The molecule has 0 radical (unpaired) electrons. The first kappa shape index (κ1) is 48.0. The summed E-state index contributed by atoms with van der Waals surface area (Å²) >= 11 is 0. The molecule has 2 aliphatic heterocycles. The van der Waals surface area contributed by atoms with Gasteiger partial charge in [-0.05, 0) is 124 Å². The second kappa shape index (κ2) is 19.1. The number of allylic oxidation sites excluding steroid dienone is 4. The van der Waals surface area contributed by atoms with E-state index in [4.69, 9.17) is 20.0 Å². The third-order valence-corrected chi connectivity index (χ3v) is 13.5. The Kier molecular flexibility index (Phi) is 13.9. The van der Waals surface area contributed by atoms with Gasteiger partial charge in [-0.2, -0.15) is 10.5 Å². The molecule has 4 heterocycles. The lowest BCUT2D eigenvalue weighted by Gasteiger charge is -2.40. The summed E-state index contributed by atoms with van der Waals surface area (Å²) < 4.78 is 11.7. The van der Waals surface area contributed by atoms with E-state index in [1.807, 2.05) is 76.2 Å². The van der Waals surface area contributed by atoms with Crippen molar-refractivity contribution in [1.82, 2.24) is 19.9 Å². The number of rotatable bonds is 8. The average molecular weight is 897 g/mol. The Labute approximate surface area is 387 Å². The molecule has 2 aromatic heterocycles. The van der Waals surface area contributed by atoms with E-state index >= 15 is 0 Å². The van der Waals surface area contributed by atoms with E-state index in [0.717, 1.165) is 60.8 Å². The zero-order chi connectivity index (χ0) is 47.6. The zero-order valence-electron chi connectivity index (χ0n) is 39.5. The van der Waals surface area contributed by atoms with Crippen molar-refractivity contribution in [2.75, 3.05) is 10.6 Å². The van der Waals surface area contributed by atoms with Crippen LogP contribution in [0.15, 0.2) is 60.9 Å². The Morgan fingerprint density at radius 3 is 1.32 bits per heavy atom. The van der Waals surface area contributed by atoms with Crippen LogP contribution in [0, 0.1) is 33.5 Å². The number of nitriles is 2. The fraction of sp³-hybridized carbons (Fsp3) is 0.500. The number of nitrogens with one attached hydrogen (secondary N) is 4. The Hall–Kier alpha value is -5.90. The molecule has 4 aliphatic rings. The first-order valence-corrected chi connectivity index (χ1v) is 23.1. The summed E-state index contributed by atoms with van der Waals surface area (Å²) in [5.74, 6) is -0.638. The van der Waals surface area contributed by atoms with Gasteiger partial charge in [-0.1, -0.05) is 52.0 Å². The number of carbonyl (C=O) groups is 2. The standard InChI is InChI=1S/2C26H32N4O3/c2*1-16-12-26(32,13-17(2)33-16)19-5-6-22(30-24(31)23-28-15-20(14-27)29-23)21(11-19)18-7-9-25(3,4)10-8-18/h2*5-7,11,15-17,32H,8-10,12-13H2,1-4H3,(H,28,29)(H,30,31)/t2*16-,17+,26?. The fourth-order valence-corrected chi connectivity index (χ4v) is 9.94. The number of hydrogen-bond donors (Lipinski definition) is 6. The summed E-state index contributed by atoms with van der Waals surface area (Å²) in [7, 11) is 0. The number of imidazole rings is 2. The minimum atomic E-state index is -0.981. The summed E-state index contributed by atoms with van der Waals surface area (Å²) in [5, 5.41) is 47.0. The number of aromatic nitrogens is 4. The number of hydrogen-bond acceptors (Lipinski definition) is 10. The molecule has 14 nitrogen and oxygen atoms in total. The lowest BCUT2D eigenvalue weighted by molar-refractivity contribution is -0.136. The van der Waals surface area contributed by atoms with E-state index in [2.05, 4.69) is 70.4 Å². The summed E-state index contributed by atoms with van der Waals surface area (Å²) in [6, 6.07) is 15.4. The third kappa shape index (κ3) is 11.2. The van der Waals surface area contributed by atoms with E-state index in [-0.39, 0.29) is 58.3 Å². The molecule has 2 unspecified atom stereocenters. The molecule has 2 aromatic carbocycles. The van der Waals surface area contributed by atoms with Crippen LogP contribution >= 0.6 is 0 Å². The van der Waals surface area contributed by atoms with Gasteiger partial charge in [0, 0.05) is 48.2 Å². The molecular formula is C52H64N8O6. The predicted molar refractivity (Wildman–Crippen MR) is 253 cm³/mol. The summed E-state index contributed by atoms with van der Waals surface area (Å²) in [5.41, 5.74) is 6.19. The molecule has 6 atom stereocenters. The van der Waals surface area contributed by atoms with Crippen LogP contribution in [0.2, 0.25) is 0 Å². The molecule has 66 heavy (non-hydrogen) atoms. The van der Waals surface area contributed by atoms with E-state index in [0.29, 0.717) is 37.1 Å². The molecule has 2 aliphatic carbocycles. The van der Waals surface area contributed by atoms with Crippen LogP contribution in [0.5, 0.6) is 0 Å². The van der Waals surface area contributed by atoms with Crippen LogP contribution in [0.4, 0.5) is 11.4 Å². The number of carbonyl (C=O) groups excluding carboxylic acids is 2. The second-order valence-corrected chi connectivity index (χ2v) is 20.5. The largest absolute Gasteiger partial charge is 0.385 e. The molecule has 348 valence electrons. The number of H-pyrrole nitrogens is 2. The number of benzene rings is 2. The SMILES string of the molecule is C[C@@H]1CC(O)(c2ccc(NC(=O)c3ncc(C#N)[nH]3)c(C3=CCC(C)(C)CC3)c2)C[C@H](C)O1.C[C@@H]1CC(O)(c2ccc(NC(=O)c3ncc(C#N)[nH]3)c(C3=CCC(C)(C)CC3)c2)C[C@H](C)O1. The van der Waals surface area contributed by atoms with Crippen LogP contribution in [0.25, 0.3) is 11.1 Å². The summed E-state index contributed by atoms with van der Waals surface area (Å²) in [6.07, 6.45) is 14.9.